The fraction of sp³-hybridized carbons (Fsp3) is 0.417. The summed E-state index contributed by atoms with van der Waals surface area (Å²) in [5.41, 5.74) is 1.09. The van der Waals surface area contributed by atoms with Crippen LogP contribution in [0.4, 0.5) is 0 Å². The highest BCUT2D eigenvalue weighted by Gasteiger charge is 2.21. The largest absolute Gasteiger partial charge is 0.458 e. The summed E-state index contributed by atoms with van der Waals surface area (Å²) < 4.78 is 7.70. The summed E-state index contributed by atoms with van der Waals surface area (Å²) in [5, 5.41) is 9.58. The van der Waals surface area contributed by atoms with Crippen LogP contribution in [0.2, 0.25) is 0 Å². The summed E-state index contributed by atoms with van der Waals surface area (Å²) in [7, 11) is 0. The molecule has 1 aliphatic rings. The Morgan fingerprint density at radius 1 is 1.50 bits per heavy atom. The van der Waals surface area contributed by atoms with Gasteiger partial charge in [-0.25, -0.2) is 4.98 Å². The lowest BCUT2D eigenvalue weighted by Gasteiger charge is -2.20. The van der Waals surface area contributed by atoms with Gasteiger partial charge in [0.05, 0.1) is 6.10 Å². The van der Waals surface area contributed by atoms with Crippen molar-refractivity contribution >= 4 is 0 Å². The second-order valence-corrected chi connectivity index (χ2v) is 4.28. The minimum absolute atomic E-state index is 0.226. The Balaban J connectivity index is 2.03. The molecule has 0 amide bonds. The van der Waals surface area contributed by atoms with Gasteiger partial charge in [0.1, 0.15) is 5.76 Å². The number of hydrogen-bond acceptors (Lipinski definition) is 3. The zero-order valence-electron chi connectivity index (χ0n) is 9.18. The molecular weight excluding hydrogens is 204 g/mol. The number of rotatable bonds is 1. The van der Waals surface area contributed by atoms with Crippen LogP contribution in [0.1, 0.15) is 17.9 Å². The molecule has 84 valence electrons. The van der Waals surface area contributed by atoms with E-state index in [1.165, 1.54) is 0 Å². The number of fused-ring (bicyclic) bond motifs is 1. The van der Waals surface area contributed by atoms with Crippen molar-refractivity contribution in [2.24, 2.45) is 0 Å². The van der Waals surface area contributed by atoms with Gasteiger partial charge < -0.3 is 14.1 Å². The molecule has 1 unspecified atom stereocenters. The van der Waals surface area contributed by atoms with Crippen LogP contribution < -0.4 is 0 Å². The Hall–Kier alpha value is -1.55. The molecule has 1 N–H and O–H groups in total. The molecule has 0 aliphatic carbocycles. The molecule has 0 fully saturated rings. The van der Waals surface area contributed by atoms with E-state index >= 15 is 0 Å². The summed E-state index contributed by atoms with van der Waals surface area (Å²) in [6, 6.07) is 3.88. The van der Waals surface area contributed by atoms with Gasteiger partial charge in [-0.15, -0.1) is 0 Å². The third-order valence-corrected chi connectivity index (χ3v) is 3.03. The Morgan fingerprint density at radius 3 is 3.12 bits per heavy atom. The highest BCUT2D eigenvalue weighted by Crippen LogP contribution is 2.25. The van der Waals surface area contributed by atoms with Crippen LogP contribution >= 0.6 is 0 Å². The molecule has 16 heavy (non-hydrogen) atoms. The third kappa shape index (κ3) is 1.46. The zero-order chi connectivity index (χ0) is 11.1. The number of aryl methyl sites for hydroxylation is 1. The number of nitrogens with zero attached hydrogens (tertiary/aromatic N) is 2. The molecule has 0 saturated carbocycles. The normalized spacial score (nSPS) is 19.8. The van der Waals surface area contributed by atoms with Gasteiger partial charge in [0.25, 0.3) is 0 Å². The molecule has 0 aromatic carbocycles. The SMILES string of the molecule is Cc1ccc(-c2ncc3n2CCC(O)C3)o1. The van der Waals surface area contributed by atoms with Crippen molar-refractivity contribution in [1.82, 2.24) is 9.55 Å². The number of imidazole rings is 1. The molecule has 0 spiro atoms. The lowest BCUT2D eigenvalue weighted by atomic mass is 10.1. The second-order valence-electron chi connectivity index (χ2n) is 4.28. The molecule has 3 rings (SSSR count). The Kier molecular flexibility index (Phi) is 2.11. The molecule has 4 heteroatoms. The van der Waals surface area contributed by atoms with Crippen molar-refractivity contribution < 1.29 is 9.52 Å². The fourth-order valence-corrected chi connectivity index (χ4v) is 2.20. The summed E-state index contributed by atoms with van der Waals surface area (Å²) >= 11 is 0. The molecule has 2 aromatic heterocycles. The highest BCUT2D eigenvalue weighted by atomic mass is 16.3. The van der Waals surface area contributed by atoms with E-state index in [2.05, 4.69) is 9.55 Å². The minimum Gasteiger partial charge on any atom is -0.458 e. The quantitative estimate of drug-likeness (QED) is 0.793. The van der Waals surface area contributed by atoms with Gasteiger partial charge in [-0.2, -0.15) is 0 Å². The van der Waals surface area contributed by atoms with Crippen LogP contribution in [0, 0.1) is 6.92 Å². The predicted molar refractivity (Wildman–Crippen MR) is 59.0 cm³/mol. The standard InChI is InChI=1S/C12H14N2O2/c1-8-2-3-11(16-8)12-13-7-9-6-10(15)4-5-14(9)12/h2-3,7,10,15H,4-6H2,1H3. The molecule has 2 aromatic rings. The zero-order valence-corrected chi connectivity index (χ0v) is 9.18. The average molecular weight is 218 g/mol. The molecule has 1 atom stereocenters. The van der Waals surface area contributed by atoms with Crippen molar-refractivity contribution in [3.8, 4) is 11.6 Å². The fourth-order valence-electron chi connectivity index (χ4n) is 2.20. The predicted octanol–water partition coefficient (Wildman–Crippen LogP) is 1.76. The highest BCUT2D eigenvalue weighted by molar-refractivity contribution is 5.49. The maximum atomic E-state index is 9.58. The van der Waals surface area contributed by atoms with E-state index in [1.807, 2.05) is 25.3 Å². The summed E-state index contributed by atoms with van der Waals surface area (Å²) in [6.07, 6.45) is 3.08. The van der Waals surface area contributed by atoms with E-state index in [1.54, 1.807) is 0 Å². The third-order valence-electron chi connectivity index (χ3n) is 3.03. The van der Waals surface area contributed by atoms with Crippen molar-refractivity contribution in [1.29, 1.82) is 0 Å². The van der Waals surface area contributed by atoms with Crippen molar-refractivity contribution in [2.45, 2.75) is 32.4 Å². The van der Waals surface area contributed by atoms with Crippen molar-refractivity contribution in [2.75, 3.05) is 0 Å². The van der Waals surface area contributed by atoms with E-state index in [9.17, 15) is 5.11 Å². The summed E-state index contributed by atoms with van der Waals surface area (Å²) in [6.45, 7) is 2.74. The molecule has 3 heterocycles. The smallest absolute Gasteiger partial charge is 0.176 e. The Morgan fingerprint density at radius 2 is 2.38 bits per heavy atom. The minimum atomic E-state index is -0.226. The molecule has 0 bridgehead atoms. The van der Waals surface area contributed by atoms with Crippen LogP contribution in [-0.2, 0) is 13.0 Å². The average Bonchev–Trinajstić information content (AvgIpc) is 2.83. The van der Waals surface area contributed by atoms with Gasteiger partial charge in [0.2, 0.25) is 0 Å². The first kappa shape index (κ1) is 9.66. The maximum absolute atomic E-state index is 9.58. The van der Waals surface area contributed by atoms with Crippen LogP contribution in [0.25, 0.3) is 11.6 Å². The number of hydrogen-bond donors (Lipinski definition) is 1. The maximum Gasteiger partial charge on any atom is 0.176 e. The molecule has 4 nitrogen and oxygen atoms in total. The van der Waals surface area contributed by atoms with Crippen LogP contribution in [-0.4, -0.2) is 20.8 Å². The van der Waals surface area contributed by atoms with Gasteiger partial charge >= 0.3 is 0 Å². The van der Waals surface area contributed by atoms with Gasteiger partial charge in [-0.1, -0.05) is 0 Å². The number of aromatic nitrogens is 2. The van der Waals surface area contributed by atoms with E-state index in [0.29, 0.717) is 6.42 Å². The molecular formula is C12H14N2O2. The first-order chi connectivity index (χ1) is 7.74. The first-order valence-corrected chi connectivity index (χ1v) is 5.53. The van der Waals surface area contributed by atoms with Crippen LogP contribution in [0.15, 0.2) is 22.7 Å². The summed E-state index contributed by atoms with van der Waals surface area (Å²) in [5.74, 6) is 2.57. The van der Waals surface area contributed by atoms with Crippen molar-refractivity contribution in [3.05, 3.63) is 29.8 Å². The van der Waals surface area contributed by atoms with E-state index in [4.69, 9.17) is 4.42 Å². The number of aliphatic hydroxyl groups excluding tert-OH is 1. The Labute approximate surface area is 93.5 Å². The van der Waals surface area contributed by atoms with Crippen LogP contribution in [0.3, 0.4) is 0 Å². The van der Waals surface area contributed by atoms with Crippen LogP contribution in [0.5, 0.6) is 0 Å². The molecule has 1 aliphatic heterocycles. The van der Waals surface area contributed by atoms with E-state index in [-0.39, 0.29) is 6.10 Å². The van der Waals surface area contributed by atoms with Crippen molar-refractivity contribution in [3.63, 3.8) is 0 Å². The van der Waals surface area contributed by atoms with E-state index in [0.717, 1.165) is 36.0 Å². The Bertz CT molecular complexity index is 513. The lowest BCUT2D eigenvalue weighted by Crippen LogP contribution is -2.22. The van der Waals surface area contributed by atoms with E-state index < -0.39 is 0 Å². The summed E-state index contributed by atoms with van der Waals surface area (Å²) in [4.78, 5) is 4.37. The van der Waals surface area contributed by atoms with Gasteiger partial charge in [0, 0.05) is 24.9 Å². The number of aliphatic hydroxyl groups is 1. The second kappa shape index (κ2) is 3.49. The molecule has 0 radical (unpaired) electrons. The van der Waals surface area contributed by atoms with Gasteiger partial charge in [-0.3, -0.25) is 0 Å². The van der Waals surface area contributed by atoms with Gasteiger partial charge in [-0.05, 0) is 25.5 Å². The lowest BCUT2D eigenvalue weighted by molar-refractivity contribution is 0.144. The topological polar surface area (TPSA) is 51.2 Å². The molecule has 0 saturated heterocycles. The monoisotopic (exact) mass is 218 g/mol. The van der Waals surface area contributed by atoms with Gasteiger partial charge in [0.15, 0.2) is 11.6 Å². The number of furan rings is 1. The first-order valence-electron chi connectivity index (χ1n) is 5.53.